The molecule has 0 aliphatic heterocycles. The minimum atomic E-state index is -0.177. The smallest absolute Gasteiger partial charge is 0.269 e. The summed E-state index contributed by atoms with van der Waals surface area (Å²) in [7, 11) is 0. The standard InChI is InChI=1S/C22H22BrN3O2/c23-19-17-10-3-4-11-18(17)26-20(19)22(28)24-13-14-6-5-9-16(12-14)25-21(27)15-7-1-2-8-15/h3-6,9-12,15,26H,1-2,7-8,13H2,(H,24,28)(H,25,27). The fourth-order valence-electron chi connectivity index (χ4n) is 3.73. The van der Waals surface area contributed by atoms with Crippen molar-refractivity contribution in [3.8, 4) is 0 Å². The first-order valence-electron chi connectivity index (χ1n) is 9.56. The van der Waals surface area contributed by atoms with Crippen molar-refractivity contribution < 1.29 is 9.59 Å². The van der Waals surface area contributed by atoms with Crippen LogP contribution in [0.2, 0.25) is 0 Å². The quantitative estimate of drug-likeness (QED) is 0.523. The van der Waals surface area contributed by atoms with E-state index in [2.05, 4.69) is 31.5 Å². The molecule has 28 heavy (non-hydrogen) atoms. The lowest BCUT2D eigenvalue weighted by atomic mass is 10.1. The van der Waals surface area contributed by atoms with Crippen LogP contribution >= 0.6 is 15.9 Å². The molecule has 0 unspecified atom stereocenters. The molecular weight excluding hydrogens is 418 g/mol. The number of carbonyl (C=O) groups is 2. The first-order chi connectivity index (χ1) is 13.6. The molecule has 2 amide bonds. The van der Waals surface area contributed by atoms with E-state index >= 15 is 0 Å². The Morgan fingerprint density at radius 2 is 1.86 bits per heavy atom. The zero-order valence-electron chi connectivity index (χ0n) is 15.4. The van der Waals surface area contributed by atoms with Gasteiger partial charge < -0.3 is 15.6 Å². The molecule has 1 aliphatic rings. The number of amides is 2. The van der Waals surface area contributed by atoms with Crippen LogP contribution in [0.25, 0.3) is 10.9 Å². The predicted octanol–water partition coefficient (Wildman–Crippen LogP) is 4.99. The maximum absolute atomic E-state index is 12.6. The minimum absolute atomic E-state index is 0.0979. The molecule has 1 saturated carbocycles. The number of nitrogens with one attached hydrogen (secondary N) is 3. The lowest BCUT2D eigenvalue weighted by Gasteiger charge is -2.12. The lowest BCUT2D eigenvalue weighted by molar-refractivity contribution is -0.119. The molecule has 0 atom stereocenters. The Kier molecular flexibility index (Phi) is 5.48. The molecule has 1 aliphatic carbocycles. The van der Waals surface area contributed by atoms with E-state index in [1.807, 2.05) is 48.5 Å². The summed E-state index contributed by atoms with van der Waals surface area (Å²) < 4.78 is 0.762. The molecule has 0 saturated heterocycles. The van der Waals surface area contributed by atoms with Gasteiger partial charge in [0.1, 0.15) is 5.69 Å². The topological polar surface area (TPSA) is 74.0 Å². The highest BCUT2D eigenvalue weighted by atomic mass is 79.9. The zero-order valence-corrected chi connectivity index (χ0v) is 17.0. The van der Waals surface area contributed by atoms with Gasteiger partial charge in [0.05, 0.1) is 4.47 Å². The summed E-state index contributed by atoms with van der Waals surface area (Å²) in [4.78, 5) is 28.1. The fraction of sp³-hybridized carbons (Fsp3) is 0.273. The first kappa shape index (κ1) is 18.7. The van der Waals surface area contributed by atoms with Crippen LogP contribution in [-0.4, -0.2) is 16.8 Å². The van der Waals surface area contributed by atoms with E-state index in [1.54, 1.807) is 0 Å². The van der Waals surface area contributed by atoms with E-state index in [0.717, 1.165) is 52.3 Å². The maximum atomic E-state index is 12.6. The summed E-state index contributed by atoms with van der Waals surface area (Å²) in [5, 5.41) is 6.92. The molecule has 0 spiro atoms. The van der Waals surface area contributed by atoms with Gasteiger partial charge in [-0.05, 0) is 52.5 Å². The minimum Gasteiger partial charge on any atom is -0.350 e. The zero-order chi connectivity index (χ0) is 19.5. The summed E-state index contributed by atoms with van der Waals surface area (Å²) in [6, 6.07) is 15.4. The molecule has 1 aromatic heterocycles. The van der Waals surface area contributed by atoms with Gasteiger partial charge in [-0.2, -0.15) is 0 Å². The van der Waals surface area contributed by atoms with Gasteiger partial charge in [0.2, 0.25) is 5.91 Å². The Hall–Kier alpha value is -2.60. The number of benzene rings is 2. The van der Waals surface area contributed by atoms with Gasteiger partial charge in [0.25, 0.3) is 5.91 Å². The molecule has 4 rings (SSSR count). The number of halogens is 1. The molecule has 0 bridgehead atoms. The molecule has 2 aromatic carbocycles. The van der Waals surface area contributed by atoms with Gasteiger partial charge in [-0.1, -0.05) is 43.2 Å². The summed E-state index contributed by atoms with van der Waals surface area (Å²) in [5.41, 5.74) is 3.13. The van der Waals surface area contributed by atoms with E-state index in [4.69, 9.17) is 0 Å². The van der Waals surface area contributed by atoms with Crippen molar-refractivity contribution in [3.05, 3.63) is 64.3 Å². The van der Waals surface area contributed by atoms with Crippen LogP contribution in [0.5, 0.6) is 0 Å². The highest BCUT2D eigenvalue weighted by molar-refractivity contribution is 9.10. The van der Waals surface area contributed by atoms with Gasteiger partial charge in [-0.3, -0.25) is 9.59 Å². The Balaban J connectivity index is 1.41. The summed E-state index contributed by atoms with van der Waals surface area (Å²) in [5.74, 6) is 0.0480. The number of anilines is 1. The van der Waals surface area contributed by atoms with Crippen LogP contribution in [-0.2, 0) is 11.3 Å². The van der Waals surface area contributed by atoms with Crippen molar-refractivity contribution in [1.29, 1.82) is 0 Å². The van der Waals surface area contributed by atoms with Crippen molar-refractivity contribution in [2.45, 2.75) is 32.2 Å². The molecule has 3 aromatic rings. The Labute approximate surface area is 172 Å². The normalized spacial score (nSPS) is 14.3. The Bertz CT molecular complexity index is 1020. The number of aromatic amines is 1. The molecule has 6 heteroatoms. The van der Waals surface area contributed by atoms with Crippen molar-refractivity contribution in [1.82, 2.24) is 10.3 Å². The van der Waals surface area contributed by atoms with Crippen molar-refractivity contribution in [2.75, 3.05) is 5.32 Å². The number of fused-ring (bicyclic) bond motifs is 1. The van der Waals surface area contributed by atoms with E-state index < -0.39 is 0 Å². The molecule has 0 radical (unpaired) electrons. The van der Waals surface area contributed by atoms with Gasteiger partial charge in [-0.25, -0.2) is 0 Å². The van der Waals surface area contributed by atoms with E-state index in [1.165, 1.54) is 0 Å². The van der Waals surface area contributed by atoms with Crippen LogP contribution < -0.4 is 10.6 Å². The highest BCUT2D eigenvalue weighted by Gasteiger charge is 2.22. The number of para-hydroxylation sites is 1. The Morgan fingerprint density at radius 1 is 1.07 bits per heavy atom. The number of H-pyrrole nitrogens is 1. The van der Waals surface area contributed by atoms with E-state index in [9.17, 15) is 9.59 Å². The van der Waals surface area contributed by atoms with E-state index in [0.29, 0.717) is 12.2 Å². The fourth-order valence-corrected chi connectivity index (χ4v) is 4.35. The van der Waals surface area contributed by atoms with Gasteiger partial charge >= 0.3 is 0 Å². The third kappa shape index (κ3) is 3.97. The van der Waals surface area contributed by atoms with Crippen LogP contribution in [0.15, 0.2) is 53.0 Å². The molecular formula is C22H22BrN3O2. The number of hydrogen-bond donors (Lipinski definition) is 3. The number of aromatic nitrogens is 1. The number of carbonyl (C=O) groups excluding carboxylic acids is 2. The third-order valence-electron chi connectivity index (χ3n) is 5.24. The summed E-state index contributed by atoms with van der Waals surface area (Å²) >= 11 is 3.51. The van der Waals surface area contributed by atoms with Crippen LogP contribution in [0.1, 0.15) is 41.7 Å². The second kappa shape index (κ2) is 8.19. The van der Waals surface area contributed by atoms with Crippen molar-refractivity contribution >= 4 is 44.3 Å². The largest absolute Gasteiger partial charge is 0.350 e. The molecule has 3 N–H and O–H groups in total. The molecule has 144 valence electrons. The van der Waals surface area contributed by atoms with Crippen LogP contribution in [0, 0.1) is 5.92 Å². The summed E-state index contributed by atoms with van der Waals surface area (Å²) in [6.07, 6.45) is 4.21. The second-order valence-corrected chi connectivity index (χ2v) is 8.01. The SMILES string of the molecule is O=C(NCc1cccc(NC(=O)C2CCCC2)c1)c1[nH]c2ccccc2c1Br. The van der Waals surface area contributed by atoms with Crippen LogP contribution in [0.3, 0.4) is 0 Å². The average Bonchev–Trinajstić information content (AvgIpc) is 3.35. The van der Waals surface area contributed by atoms with Gasteiger partial charge in [-0.15, -0.1) is 0 Å². The monoisotopic (exact) mass is 439 g/mol. The average molecular weight is 440 g/mol. The maximum Gasteiger partial charge on any atom is 0.269 e. The van der Waals surface area contributed by atoms with Gasteiger partial charge in [0, 0.05) is 29.1 Å². The lowest BCUT2D eigenvalue weighted by Crippen LogP contribution is -2.24. The molecule has 1 heterocycles. The molecule has 5 nitrogen and oxygen atoms in total. The Morgan fingerprint density at radius 3 is 2.64 bits per heavy atom. The first-order valence-corrected chi connectivity index (χ1v) is 10.4. The third-order valence-corrected chi connectivity index (χ3v) is 6.07. The predicted molar refractivity (Wildman–Crippen MR) is 114 cm³/mol. The van der Waals surface area contributed by atoms with Gasteiger partial charge in [0.15, 0.2) is 0 Å². The van der Waals surface area contributed by atoms with E-state index in [-0.39, 0.29) is 17.7 Å². The molecule has 1 fully saturated rings. The second-order valence-electron chi connectivity index (χ2n) is 7.21. The van der Waals surface area contributed by atoms with Crippen LogP contribution in [0.4, 0.5) is 5.69 Å². The summed E-state index contributed by atoms with van der Waals surface area (Å²) in [6.45, 7) is 0.383. The van der Waals surface area contributed by atoms with Crippen molar-refractivity contribution in [3.63, 3.8) is 0 Å². The number of hydrogen-bond acceptors (Lipinski definition) is 2. The number of rotatable bonds is 5. The highest BCUT2D eigenvalue weighted by Crippen LogP contribution is 2.28. The van der Waals surface area contributed by atoms with Crippen molar-refractivity contribution in [2.24, 2.45) is 5.92 Å².